The molecular weight excluding hydrogens is 268 g/mol. The number of anilines is 1. The summed E-state index contributed by atoms with van der Waals surface area (Å²) in [6.45, 7) is 6.84. The summed E-state index contributed by atoms with van der Waals surface area (Å²) in [5.74, 6) is 0.837. The van der Waals surface area contributed by atoms with Crippen LogP contribution < -0.4 is 4.90 Å². The number of amides is 1. The van der Waals surface area contributed by atoms with Crippen LogP contribution in [0.2, 0.25) is 5.28 Å². The van der Waals surface area contributed by atoms with Gasteiger partial charge in [-0.25, -0.2) is 14.8 Å². The Kier molecular flexibility index (Phi) is 4.42. The highest BCUT2D eigenvalue weighted by molar-refractivity contribution is 6.28. The standard InChI is InChI=1S/C12H17ClN4O2/c1-3-19-12(18)17-6-4-16(5-7-17)10-9(2)8-14-11(13)15-10/h8H,3-7H2,1-2H3. The lowest BCUT2D eigenvalue weighted by atomic mass is 10.2. The summed E-state index contributed by atoms with van der Waals surface area (Å²) in [5, 5.41) is 0.244. The highest BCUT2D eigenvalue weighted by Gasteiger charge is 2.23. The first-order valence-electron chi connectivity index (χ1n) is 6.27. The summed E-state index contributed by atoms with van der Waals surface area (Å²) in [7, 11) is 0. The molecule has 0 unspecified atom stereocenters. The van der Waals surface area contributed by atoms with Crippen molar-refractivity contribution in [3.63, 3.8) is 0 Å². The summed E-state index contributed by atoms with van der Waals surface area (Å²) in [5.41, 5.74) is 0.981. The number of aromatic nitrogens is 2. The molecule has 1 saturated heterocycles. The van der Waals surface area contributed by atoms with Gasteiger partial charge in [-0.15, -0.1) is 0 Å². The number of hydrogen-bond donors (Lipinski definition) is 0. The summed E-state index contributed by atoms with van der Waals surface area (Å²) >= 11 is 5.82. The lowest BCUT2D eigenvalue weighted by Crippen LogP contribution is -2.49. The minimum absolute atomic E-state index is 0.244. The third-order valence-corrected chi connectivity index (χ3v) is 3.20. The highest BCUT2D eigenvalue weighted by Crippen LogP contribution is 2.19. The van der Waals surface area contributed by atoms with Crippen molar-refractivity contribution >= 4 is 23.5 Å². The Hall–Kier alpha value is -1.56. The molecule has 2 heterocycles. The third-order valence-electron chi connectivity index (χ3n) is 3.02. The number of nitrogens with zero attached hydrogens (tertiary/aromatic N) is 4. The van der Waals surface area contributed by atoms with Crippen LogP contribution in [0.25, 0.3) is 0 Å². The molecular formula is C12H17ClN4O2. The van der Waals surface area contributed by atoms with E-state index in [-0.39, 0.29) is 11.4 Å². The second-order valence-electron chi connectivity index (χ2n) is 4.32. The van der Waals surface area contributed by atoms with Crippen LogP contribution >= 0.6 is 11.6 Å². The van der Waals surface area contributed by atoms with E-state index in [1.54, 1.807) is 18.0 Å². The minimum Gasteiger partial charge on any atom is -0.450 e. The lowest BCUT2D eigenvalue weighted by Gasteiger charge is -2.35. The topological polar surface area (TPSA) is 58.6 Å². The van der Waals surface area contributed by atoms with E-state index in [9.17, 15) is 4.79 Å². The van der Waals surface area contributed by atoms with E-state index in [1.807, 2.05) is 6.92 Å². The zero-order valence-electron chi connectivity index (χ0n) is 11.1. The number of piperazine rings is 1. The van der Waals surface area contributed by atoms with Crippen LogP contribution in [0.5, 0.6) is 0 Å². The summed E-state index contributed by atoms with van der Waals surface area (Å²) in [6, 6.07) is 0. The summed E-state index contributed by atoms with van der Waals surface area (Å²) in [6.07, 6.45) is 1.46. The molecule has 1 aromatic rings. The molecule has 0 spiro atoms. The lowest BCUT2D eigenvalue weighted by molar-refractivity contribution is 0.105. The molecule has 104 valence electrons. The predicted molar refractivity (Wildman–Crippen MR) is 72.6 cm³/mol. The van der Waals surface area contributed by atoms with Gasteiger partial charge in [0, 0.05) is 37.9 Å². The monoisotopic (exact) mass is 284 g/mol. The molecule has 1 amide bonds. The maximum Gasteiger partial charge on any atom is 0.409 e. The summed E-state index contributed by atoms with van der Waals surface area (Å²) in [4.78, 5) is 23.6. The molecule has 0 N–H and O–H groups in total. The van der Waals surface area contributed by atoms with E-state index in [0.29, 0.717) is 32.8 Å². The second kappa shape index (κ2) is 6.06. The number of carbonyl (C=O) groups excluding carboxylic acids is 1. The van der Waals surface area contributed by atoms with Gasteiger partial charge in [-0.2, -0.15) is 0 Å². The van der Waals surface area contributed by atoms with Crippen molar-refractivity contribution in [1.29, 1.82) is 0 Å². The average molecular weight is 285 g/mol. The van der Waals surface area contributed by atoms with Gasteiger partial charge in [0.05, 0.1) is 6.61 Å². The largest absolute Gasteiger partial charge is 0.450 e. The fourth-order valence-electron chi connectivity index (χ4n) is 2.05. The molecule has 1 aromatic heterocycles. The first-order valence-corrected chi connectivity index (χ1v) is 6.65. The second-order valence-corrected chi connectivity index (χ2v) is 4.66. The van der Waals surface area contributed by atoms with Crippen molar-refractivity contribution in [2.45, 2.75) is 13.8 Å². The molecule has 1 fully saturated rings. The van der Waals surface area contributed by atoms with E-state index in [1.165, 1.54) is 0 Å². The summed E-state index contributed by atoms with van der Waals surface area (Å²) < 4.78 is 4.99. The van der Waals surface area contributed by atoms with Crippen LogP contribution in [0.4, 0.5) is 10.6 Å². The number of ether oxygens (including phenoxy) is 1. The van der Waals surface area contributed by atoms with Crippen LogP contribution in [0, 0.1) is 6.92 Å². The zero-order chi connectivity index (χ0) is 13.8. The molecule has 19 heavy (non-hydrogen) atoms. The number of halogens is 1. The van der Waals surface area contributed by atoms with E-state index >= 15 is 0 Å². The Balaban J connectivity index is 2.00. The molecule has 0 bridgehead atoms. The molecule has 1 aliphatic heterocycles. The molecule has 0 aliphatic carbocycles. The smallest absolute Gasteiger partial charge is 0.409 e. The van der Waals surface area contributed by atoms with Crippen molar-refractivity contribution < 1.29 is 9.53 Å². The van der Waals surface area contributed by atoms with Gasteiger partial charge < -0.3 is 14.5 Å². The van der Waals surface area contributed by atoms with Crippen molar-refractivity contribution in [1.82, 2.24) is 14.9 Å². The van der Waals surface area contributed by atoms with Gasteiger partial charge in [0.2, 0.25) is 5.28 Å². The van der Waals surface area contributed by atoms with E-state index in [2.05, 4.69) is 14.9 Å². The van der Waals surface area contributed by atoms with E-state index in [0.717, 1.165) is 11.4 Å². The van der Waals surface area contributed by atoms with Gasteiger partial charge in [0.15, 0.2) is 0 Å². The van der Waals surface area contributed by atoms with Crippen LogP contribution in [-0.2, 0) is 4.74 Å². The van der Waals surface area contributed by atoms with Gasteiger partial charge in [-0.1, -0.05) is 0 Å². The maximum atomic E-state index is 11.6. The highest BCUT2D eigenvalue weighted by atomic mass is 35.5. The fourth-order valence-corrected chi connectivity index (χ4v) is 2.18. The molecule has 2 rings (SSSR count). The molecule has 0 saturated carbocycles. The Morgan fingerprint density at radius 2 is 2.11 bits per heavy atom. The molecule has 1 aliphatic rings. The first kappa shape index (κ1) is 13.9. The Morgan fingerprint density at radius 1 is 1.42 bits per heavy atom. The van der Waals surface area contributed by atoms with Crippen molar-refractivity contribution in [3.05, 3.63) is 17.0 Å². The number of carbonyl (C=O) groups is 1. The van der Waals surface area contributed by atoms with Gasteiger partial charge in [-0.3, -0.25) is 0 Å². The average Bonchev–Trinajstić information content (AvgIpc) is 2.42. The van der Waals surface area contributed by atoms with Gasteiger partial charge in [-0.05, 0) is 25.4 Å². The van der Waals surface area contributed by atoms with Gasteiger partial charge in [0.1, 0.15) is 5.82 Å². The molecule has 0 radical (unpaired) electrons. The Bertz CT molecular complexity index is 461. The Labute approximate surface area is 117 Å². The molecule has 7 heteroatoms. The fraction of sp³-hybridized carbons (Fsp3) is 0.583. The molecule has 6 nitrogen and oxygen atoms in total. The van der Waals surface area contributed by atoms with Crippen LogP contribution in [0.15, 0.2) is 6.20 Å². The minimum atomic E-state index is -0.250. The maximum absolute atomic E-state index is 11.6. The SMILES string of the molecule is CCOC(=O)N1CCN(c2nc(Cl)ncc2C)CC1. The van der Waals surface area contributed by atoms with Gasteiger partial charge in [0.25, 0.3) is 0 Å². The number of aryl methyl sites for hydroxylation is 1. The zero-order valence-corrected chi connectivity index (χ0v) is 11.9. The normalized spacial score (nSPS) is 15.5. The van der Waals surface area contributed by atoms with E-state index < -0.39 is 0 Å². The Morgan fingerprint density at radius 3 is 2.74 bits per heavy atom. The number of hydrogen-bond acceptors (Lipinski definition) is 5. The van der Waals surface area contributed by atoms with Gasteiger partial charge >= 0.3 is 6.09 Å². The van der Waals surface area contributed by atoms with Crippen molar-refractivity contribution in [2.24, 2.45) is 0 Å². The van der Waals surface area contributed by atoms with Crippen LogP contribution in [-0.4, -0.2) is 53.7 Å². The molecule has 0 aromatic carbocycles. The van der Waals surface area contributed by atoms with E-state index in [4.69, 9.17) is 16.3 Å². The molecule has 0 atom stereocenters. The quantitative estimate of drug-likeness (QED) is 0.774. The van der Waals surface area contributed by atoms with Crippen molar-refractivity contribution in [2.75, 3.05) is 37.7 Å². The van der Waals surface area contributed by atoms with Crippen LogP contribution in [0.3, 0.4) is 0 Å². The predicted octanol–water partition coefficient (Wildman–Crippen LogP) is 1.72. The number of rotatable bonds is 2. The third kappa shape index (κ3) is 3.26. The van der Waals surface area contributed by atoms with Crippen molar-refractivity contribution in [3.8, 4) is 0 Å². The first-order chi connectivity index (χ1) is 9.11. The van der Waals surface area contributed by atoms with Crippen LogP contribution in [0.1, 0.15) is 12.5 Å².